The standard InChI is InChI=1S/C14H18BrClN2O3/c1-3-4-9(6-13(19)20)17-14(21)18-12-7-11(16)8(2)5-10(12)15/h5,7,9H,3-4,6H2,1-2H3,(H,19,20)(H2,17,18,21). The fourth-order valence-corrected chi connectivity index (χ4v) is 2.59. The highest BCUT2D eigenvalue weighted by atomic mass is 79.9. The van der Waals surface area contributed by atoms with E-state index in [1.807, 2.05) is 13.8 Å². The summed E-state index contributed by atoms with van der Waals surface area (Å²) in [7, 11) is 0. The second kappa shape index (κ2) is 8.24. The van der Waals surface area contributed by atoms with Gasteiger partial charge in [-0.15, -0.1) is 0 Å². The number of benzene rings is 1. The van der Waals surface area contributed by atoms with Crippen LogP contribution < -0.4 is 10.6 Å². The maximum Gasteiger partial charge on any atom is 0.319 e. The molecule has 0 fully saturated rings. The number of carboxylic acid groups (broad SMARTS) is 1. The summed E-state index contributed by atoms with van der Waals surface area (Å²) in [6.07, 6.45) is 1.30. The molecule has 1 atom stereocenters. The van der Waals surface area contributed by atoms with Gasteiger partial charge in [0.2, 0.25) is 0 Å². The monoisotopic (exact) mass is 376 g/mol. The Kier molecular flexibility index (Phi) is 6.98. The molecule has 116 valence electrons. The van der Waals surface area contributed by atoms with Gasteiger partial charge in [-0.1, -0.05) is 24.9 Å². The van der Waals surface area contributed by atoms with Crippen molar-refractivity contribution in [1.29, 1.82) is 0 Å². The van der Waals surface area contributed by atoms with E-state index in [4.69, 9.17) is 16.7 Å². The number of hydrogen-bond acceptors (Lipinski definition) is 2. The van der Waals surface area contributed by atoms with Crippen molar-refractivity contribution in [2.45, 2.75) is 39.2 Å². The first-order chi connectivity index (χ1) is 9.83. The summed E-state index contributed by atoms with van der Waals surface area (Å²) in [5.74, 6) is -0.937. The summed E-state index contributed by atoms with van der Waals surface area (Å²) in [5.41, 5.74) is 1.43. The molecule has 0 bridgehead atoms. The first kappa shape index (κ1) is 17.8. The maximum absolute atomic E-state index is 11.9. The molecule has 1 aromatic rings. The Hall–Kier alpha value is -1.27. The van der Waals surface area contributed by atoms with Gasteiger partial charge in [0.15, 0.2) is 0 Å². The number of rotatable bonds is 6. The number of hydrogen-bond donors (Lipinski definition) is 3. The number of halogens is 2. The number of aryl methyl sites for hydroxylation is 1. The average molecular weight is 378 g/mol. The number of carboxylic acids is 1. The predicted octanol–water partition coefficient (Wildman–Crippen LogP) is 4.18. The van der Waals surface area contributed by atoms with Crippen molar-refractivity contribution in [2.24, 2.45) is 0 Å². The lowest BCUT2D eigenvalue weighted by atomic mass is 10.1. The second-order valence-electron chi connectivity index (χ2n) is 4.76. The third-order valence-electron chi connectivity index (χ3n) is 2.89. The number of anilines is 1. The smallest absolute Gasteiger partial charge is 0.319 e. The molecule has 7 heteroatoms. The highest BCUT2D eigenvalue weighted by Gasteiger charge is 2.16. The quantitative estimate of drug-likeness (QED) is 0.696. The summed E-state index contributed by atoms with van der Waals surface area (Å²) >= 11 is 9.38. The van der Waals surface area contributed by atoms with Crippen molar-refractivity contribution in [3.63, 3.8) is 0 Å². The van der Waals surface area contributed by atoms with Crippen molar-refractivity contribution < 1.29 is 14.7 Å². The van der Waals surface area contributed by atoms with E-state index in [-0.39, 0.29) is 6.42 Å². The van der Waals surface area contributed by atoms with E-state index in [1.165, 1.54) is 0 Å². The van der Waals surface area contributed by atoms with Gasteiger partial charge in [-0.05, 0) is 47.0 Å². The van der Waals surface area contributed by atoms with Crippen LogP contribution in [0.25, 0.3) is 0 Å². The lowest BCUT2D eigenvalue weighted by Gasteiger charge is -2.17. The number of carbonyl (C=O) groups excluding carboxylic acids is 1. The van der Waals surface area contributed by atoms with Crippen LogP contribution in [0.4, 0.5) is 10.5 Å². The van der Waals surface area contributed by atoms with Crippen LogP contribution in [-0.4, -0.2) is 23.1 Å². The van der Waals surface area contributed by atoms with Gasteiger partial charge >= 0.3 is 12.0 Å². The van der Waals surface area contributed by atoms with Crippen molar-refractivity contribution in [2.75, 3.05) is 5.32 Å². The third kappa shape index (κ3) is 5.93. The molecule has 0 aliphatic carbocycles. The molecule has 5 nitrogen and oxygen atoms in total. The Morgan fingerprint density at radius 3 is 2.67 bits per heavy atom. The molecule has 3 N–H and O–H groups in total. The summed E-state index contributed by atoms with van der Waals surface area (Å²) in [5, 5.41) is 14.7. The van der Waals surface area contributed by atoms with Crippen LogP contribution in [0, 0.1) is 6.92 Å². The van der Waals surface area contributed by atoms with E-state index in [0.29, 0.717) is 21.6 Å². The van der Waals surface area contributed by atoms with Gasteiger partial charge in [0.05, 0.1) is 12.1 Å². The summed E-state index contributed by atoms with van der Waals surface area (Å²) < 4.78 is 0.713. The van der Waals surface area contributed by atoms with Gasteiger partial charge in [-0.3, -0.25) is 4.79 Å². The van der Waals surface area contributed by atoms with Crippen LogP contribution in [0.1, 0.15) is 31.7 Å². The Morgan fingerprint density at radius 2 is 2.10 bits per heavy atom. The Balaban J connectivity index is 2.71. The lowest BCUT2D eigenvalue weighted by Crippen LogP contribution is -2.39. The molecule has 0 spiro atoms. The van der Waals surface area contributed by atoms with E-state index < -0.39 is 18.0 Å². The van der Waals surface area contributed by atoms with E-state index in [2.05, 4.69) is 26.6 Å². The van der Waals surface area contributed by atoms with Crippen molar-refractivity contribution in [3.8, 4) is 0 Å². The van der Waals surface area contributed by atoms with Crippen LogP contribution in [0.2, 0.25) is 5.02 Å². The second-order valence-corrected chi connectivity index (χ2v) is 6.02. The van der Waals surface area contributed by atoms with E-state index in [1.54, 1.807) is 12.1 Å². The van der Waals surface area contributed by atoms with Crippen LogP contribution in [0.15, 0.2) is 16.6 Å². The average Bonchev–Trinajstić information content (AvgIpc) is 2.35. The van der Waals surface area contributed by atoms with Gasteiger partial charge in [0.25, 0.3) is 0 Å². The fraction of sp³-hybridized carbons (Fsp3) is 0.429. The Morgan fingerprint density at radius 1 is 1.43 bits per heavy atom. The Labute approximate surface area is 137 Å². The van der Waals surface area contributed by atoms with Crippen molar-refractivity contribution in [1.82, 2.24) is 5.32 Å². The summed E-state index contributed by atoms with van der Waals surface area (Å²) in [4.78, 5) is 22.7. The lowest BCUT2D eigenvalue weighted by molar-refractivity contribution is -0.137. The molecule has 1 unspecified atom stereocenters. The Bertz CT molecular complexity index is 537. The topological polar surface area (TPSA) is 78.4 Å². The van der Waals surface area contributed by atoms with Gasteiger partial charge in [-0.25, -0.2) is 4.79 Å². The van der Waals surface area contributed by atoms with Crippen LogP contribution in [-0.2, 0) is 4.79 Å². The normalized spacial score (nSPS) is 11.8. The van der Waals surface area contributed by atoms with Crippen LogP contribution >= 0.6 is 27.5 Å². The molecule has 0 aromatic heterocycles. The fourth-order valence-electron chi connectivity index (χ4n) is 1.87. The zero-order valence-corrected chi connectivity index (χ0v) is 14.2. The SMILES string of the molecule is CCCC(CC(=O)O)NC(=O)Nc1cc(Cl)c(C)cc1Br. The minimum absolute atomic E-state index is 0.100. The summed E-state index contributed by atoms with van der Waals surface area (Å²) in [6, 6.07) is 2.60. The first-order valence-electron chi connectivity index (χ1n) is 6.58. The molecule has 21 heavy (non-hydrogen) atoms. The zero-order valence-electron chi connectivity index (χ0n) is 11.9. The predicted molar refractivity (Wildman–Crippen MR) is 87.0 cm³/mol. The van der Waals surface area contributed by atoms with Crippen LogP contribution in [0.5, 0.6) is 0 Å². The van der Waals surface area contributed by atoms with E-state index in [0.717, 1.165) is 12.0 Å². The van der Waals surface area contributed by atoms with Crippen molar-refractivity contribution >= 4 is 45.2 Å². The van der Waals surface area contributed by atoms with Crippen molar-refractivity contribution in [3.05, 3.63) is 27.2 Å². The molecule has 0 aliphatic rings. The highest BCUT2D eigenvalue weighted by Crippen LogP contribution is 2.29. The molecule has 2 amide bonds. The molecule has 0 heterocycles. The van der Waals surface area contributed by atoms with Gasteiger partial charge in [-0.2, -0.15) is 0 Å². The molecule has 1 aromatic carbocycles. The molecular weight excluding hydrogens is 360 g/mol. The third-order valence-corrected chi connectivity index (χ3v) is 3.95. The van der Waals surface area contributed by atoms with Gasteiger partial charge < -0.3 is 15.7 Å². The van der Waals surface area contributed by atoms with E-state index >= 15 is 0 Å². The molecule has 0 radical (unpaired) electrons. The molecular formula is C14H18BrClN2O3. The minimum atomic E-state index is -0.937. The minimum Gasteiger partial charge on any atom is -0.481 e. The largest absolute Gasteiger partial charge is 0.481 e. The number of urea groups is 1. The number of nitrogens with one attached hydrogen (secondary N) is 2. The molecule has 0 aliphatic heterocycles. The zero-order chi connectivity index (χ0) is 16.0. The first-order valence-corrected chi connectivity index (χ1v) is 7.75. The van der Waals surface area contributed by atoms with Gasteiger partial charge in [0, 0.05) is 15.5 Å². The molecule has 0 saturated heterocycles. The van der Waals surface area contributed by atoms with E-state index in [9.17, 15) is 9.59 Å². The number of carbonyl (C=O) groups is 2. The maximum atomic E-state index is 11.9. The van der Waals surface area contributed by atoms with Gasteiger partial charge in [0.1, 0.15) is 0 Å². The summed E-state index contributed by atoms with van der Waals surface area (Å²) in [6.45, 7) is 3.80. The molecule has 0 saturated carbocycles. The number of aliphatic carboxylic acids is 1. The van der Waals surface area contributed by atoms with Crippen LogP contribution in [0.3, 0.4) is 0 Å². The number of amides is 2. The molecule has 1 rings (SSSR count). The highest BCUT2D eigenvalue weighted by molar-refractivity contribution is 9.10.